The van der Waals surface area contributed by atoms with Gasteiger partial charge in [0.25, 0.3) is 0 Å². The monoisotopic (exact) mass is 315 g/mol. The highest BCUT2D eigenvalue weighted by atomic mass is 35.5. The molecule has 0 aliphatic heterocycles. The van der Waals surface area contributed by atoms with Crippen LogP contribution in [-0.4, -0.2) is 21.2 Å². The number of rotatable bonds is 3. The van der Waals surface area contributed by atoms with Crippen molar-refractivity contribution in [3.05, 3.63) is 53.8 Å². The number of nitrogens with zero attached hydrogens (tertiary/aromatic N) is 2. The highest BCUT2D eigenvalue weighted by Gasteiger charge is 2.08. The van der Waals surface area contributed by atoms with Gasteiger partial charge in [-0.1, -0.05) is 29.8 Å². The molecule has 6 nitrogen and oxygen atoms in total. The topological polar surface area (TPSA) is 84.3 Å². The summed E-state index contributed by atoms with van der Waals surface area (Å²) in [5.41, 5.74) is 1.12. The number of hydrogen-bond acceptors (Lipinski definition) is 4. The van der Waals surface area contributed by atoms with Gasteiger partial charge in [0.1, 0.15) is 10.8 Å². The van der Waals surface area contributed by atoms with Gasteiger partial charge in [-0.15, -0.1) is 0 Å². The number of aromatic nitrogens is 2. The lowest BCUT2D eigenvalue weighted by molar-refractivity contribution is 0.209. The summed E-state index contributed by atoms with van der Waals surface area (Å²) in [6.45, 7) is 0. The van der Waals surface area contributed by atoms with Crippen molar-refractivity contribution in [1.82, 2.24) is 9.97 Å². The van der Waals surface area contributed by atoms with E-state index in [1.165, 1.54) is 12.3 Å². The Morgan fingerprint density at radius 2 is 2.00 bits per heavy atom. The van der Waals surface area contributed by atoms with Crippen LogP contribution in [0.1, 0.15) is 0 Å². The Kier molecular flexibility index (Phi) is 3.76. The number of amides is 1. The number of ether oxygens (including phenoxy) is 1. The maximum absolute atomic E-state index is 10.6. The zero-order valence-electron chi connectivity index (χ0n) is 11.2. The highest BCUT2D eigenvalue weighted by Crippen LogP contribution is 2.30. The summed E-state index contributed by atoms with van der Waals surface area (Å²) >= 11 is 6.04. The van der Waals surface area contributed by atoms with Crippen molar-refractivity contribution in [2.24, 2.45) is 0 Å². The number of anilines is 1. The molecule has 0 saturated carbocycles. The van der Waals surface area contributed by atoms with Crippen LogP contribution in [0.2, 0.25) is 5.02 Å². The number of pyridine rings is 2. The van der Waals surface area contributed by atoms with E-state index in [2.05, 4.69) is 15.3 Å². The van der Waals surface area contributed by atoms with Gasteiger partial charge in [0.05, 0.1) is 23.6 Å². The van der Waals surface area contributed by atoms with Crippen LogP contribution >= 0.6 is 11.6 Å². The van der Waals surface area contributed by atoms with Crippen LogP contribution in [0.4, 0.5) is 10.5 Å². The molecule has 0 atom stereocenters. The summed E-state index contributed by atoms with van der Waals surface area (Å²) in [6, 6.07) is 10.9. The van der Waals surface area contributed by atoms with Crippen molar-refractivity contribution >= 4 is 34.3 Å². The molecule has 0 radical (unpaired) electrons. The van der Waals surface area contributed by atoms with Gasteiger partial charge in [-0.3, -0.25) is 10.3 Å². The van der Waals surface area contributed by atoms with Gasteiger partial charge in [-0.25, -0.2) is 9.78 Å². The number of carbonyl (C=O) groups is 1. The summed E-state index contributed by atoms with van der Waals surface area (Å²) in [5, 5.41) is 11.9. The van der Waals surface area contributed by atoms with Gasteiger partial charge in [0, 0.05) is 5.39 Å². The molecule has 2 N–H and O–H groups in total. The van der Waals surface area contributed by atoms with E-state index in [4.69, 9.17) is 21.4 Å². The van der Waals surface area contributed by atoms with Gasteiger partial charge >= 0.3 is 6.09 Å². The van der Waals surface area contributed by atoms with E-state index in [9.17, 15) is 4.79 Å². The molecule has 2 heterocycles. The number of halogens is 1. The molecular formula is C15H10ClN3O3. The van der Waals surface area contributed by atoms with Crippen molar-refractivity contribution in [2.75, 3.05) is 5.32 Å². The SMILES string of the molecule is O=C(O)Nc1cnc(Oc2cnc3ccccc3c2)c(Cl)c1. The summed E-state index contributed by atoms with van der Waals surface area (Å²) in [7, 11) is 0. The molecule has 2 aromatic heterocycles. The number of para-hydroxylation sites is 1. The van der Waals surface area contributed by atoms with E-state index in [-0.39, 0.29) is 16.6 Å². The summed E-state index contributed by atoms with van der Waals surface area (Å²) in [5.74, 6) is 0.668. The Balaban J connectivity index is 1.86. The predicted octanol–water partition coefficient (Wildman–Crippen LogP) is 4.17. The molecule has 22 heavy (non-hydrogen) atoms. The van der Waals surface area contributed by atoms with E-state index in [1.54, 1.807) is 6.20 Å². The van der Waals surface area contributed by atoms with E-state index in [1.807, 2.05) is 30.3 Å². The van der Waals surface area contributed by atoms with Gasteiger partial charge in [-0.05, 0) is 18.2 Å². The minimum absolute atomic E-state index is 0.176. The predicted molar refractivity (Wildman–Crippen MR) is 82.7 cm³/mol. The third-order valence-corrected chi connectivity index (χ3v) is 3.11. The molecule has 7 heteroatoms. The van der Waals surface area contributed by atoms with Crippen molar-refractivity contribution in [3.8, 4) is 11.6 Å². The van der Waals surface area contributed by atoms with Gasteiger partial charge < -0.3 is 9.84 Å². The molecule has 1 aromatic carbocycles. The van der Waals surface area contributed by atoms with E-state index >= 15 is 0 Å². The Hall–Kier alpha value is -2.86. The maximum Gasteiger partial charge on any atom is 0.409 e. The number of hydrogen-bond donors (Lipinski definition) is 2. The average Bonchev–Trinajstić information content (AvgIpc) is 2.49. The lowest BCUT2D eigenvalue weighted by Gasteiger charge is -2.08. The van der Waals surface area contributed by atoms with Crippen LogP contribution in [0.15, 0.2) is 48.8 Å². The standard InChI is InChI=1S/C15H10ClN3O3/c16-12-6-10(19-15(20)21)7-18-14(12)22-11-5-9-3-1-2-4-13(9)17-8-11/h1-8,19H,(H,20,21). The molecule has 0 fully saturated rings. The number of fused-ring (bicyclic) bond motifs is 1. The van der Waals surface area contributed by atoms with E-state index in [0.29, 0.717) is 5.75 Å². The molecular weight excluding hydrogens is 306 g/mol. The second-order valence-electron chi connectivity index (χ2n) is 4.41. The Morgan fingerprint density at radius 1 is 1.18 bits per heavy atom. The normalized spacial score (nSPS) is 10.4. The smallest absolute Gasteiger partial charge is 0.409 e. The van der Waals surface area contributed by atoms with Gasteiger partial charge in [0.15, 0.2) is 0 Å². The highest BCUT2D eigenvalue weighted by molar-refractivity contribution is 6.32. The Morgan fingerprint density at radius 3 is 2.77 bits per heavy atom. The Bertz CT molecular complexity index is 854. The fourth-order valence-corrected chi connectivity index (χ4v) is 2.12. The molecule has 0 aliphatic carbocycles. The van der Waals surface area contributed by atoms with Crippen LogP contribution < -0.4 is 10.1 Å². The summed E-state index contributed by atoms with van der Waals surface area (Å²) in [6.07, 6.45) is 1.71. The van der Waals surface area contributed by atoms with Gasteiger partial charge in [-0.2, -0.15) is 0 Å². The number of carboxylic acid groups (broad SMARTS) is 1. The Labute approximate surface area is 130 Å². The first kappa shape index (κ1) is 14.1. The first-order chi connectivity index (χ1) is 10.6. The minimum atomic E-state index is -1.19. The van der Waals surface area contributed by atoms with E-state index in [0.717, 1.165) is 10.9 Å². The van der Waals surface area contributed by atoms with Crippen molar-refractivity contribution in [3.63, 3.8) is 0 Å². The first-order valence-electron chi connectivity index (χ1n) is 6.30. The fourth-order valence-electron chi connectivity index (χ4n) is 1.91. The number of benzene rings is 1. The quantitative estimate of drug-likeness (QED) is 0.758. The first-order valence-corrected chi connectivity index (χ1v) is 6.68. The minimum Gasteiger partial charge on any atom is -0.465 e. The third-order valence-electron chi connectivity index (χ3n) is 2.84. The lowest BCUT2D eigenvalue weighted by atomic mass is 10.2. The number of nitrogens with one attached hydrogen (secondary N) is 1. The van der Waals surface area contributed by atoms with Gasteiger partial charge in [0.2, 0.25) is 5.88 Å². The zero-order valence-corrected chi connectivity index (χ0v) is 11.9. The molecule has 0 unspecified atom stereocenters. The molecule has 0 saturated heterocycles. The second kappa shape index (κ2) is 5.87. The largest absolute Gasteiger partial charge is 0.465 e. The summed E-state index contributed by atoms with van der Waals surface area (Å²) < 4.78 is 5.60. The van der Waals surface area contributed by atoms with Crippen LogP contribution in [0, 0.1) is 0 Å². The van der Waals surface area contributed by atoms with Crippen molar-refractivity contribution in [2.45, 2.75) is 0 Å². The van der Waals surface area contributed by atoms with Crippen LogP contribution in [0.5, 0.6) is 11.6 Å². The zero-order chi connectivity index (χ0) is 15.5. The lowest BCUT2D eigenvalue weighted by Crippen LogP contribution is -2.07. The van der Waals surface area contributed by atoms with Crippen LogP contribution in [0.3, 0.4) is 0 Å². The average molecular weight is 316 g/mol. The molecule has 3 aromatic rings. The van der Waals surface area contributed by atoms with E-state index < -0.39 is 6.09 Å². The van der Waals surface area contributed by atoms with Crippen LogP contribution in [0.25, 0.3) is 10.9 Å². The fraction of sp³-hybridized carbons (Fsp3) is 0. The van der Waals surface area contributed by atoms with Crippen LogP contribution in [-0.2, 0) is 0 Å². The molecule has 0 aliphatic rings. The molecule has 0 spiro atoms. The molecule has 1 amide bonds. The molecule has 0 bridgehead atoms. The molecule has 3 rings (SSSR count). The molecule has 110 valence electrons. The third kappa shape index (κ3) is 3.07. The van der Waals surface area contributed by atoms with Crippen molar-refractivity contribution in [1.29, 1.82) is 0 Å². The second-order valence-corrected chi connectivity index (χ2v) is 4.81. The maximum atomic E-state index is 10.6. The van der Waals surface area contributed by atoms with Crippen molar-refractivity contribution < 1.29 is 14.6 Å². The summed E-state index contributed by atoms with van der Waals surface area (Å²) in [4.78, 5) is 18.8.